The number of fused-ring (bicyclic) bond motifs is 1. The molecule has 30 heavy (non-hydrogen) atoms. The van der Waals surface area contributed by atoms with Gasteiger partial charge in [0.2, 0.25) is 17.7 Å². The molecule has 7 atom stereocenters. The topological polar surface area (TPSA) is 108 Å². The normalized spacial score (nSPS) is 38.5. The van der Waals surface area contributed by atoms with Gasteiger partial charge in [-0.25, -0.2) is 0 Å². The number of hydrogen-bond donors (Lipinski definition) is 3. The van der Waals surface area contributed by atoms with Crippen LogP contribution in [-0.4, -0.2) is 69.7 Å². The third-order valence-corrected chi connectivity index (χ3v) is 7.07. The van der Waals surface area contributed by atoms with Crippen LogP contribution in [0.3, 0.4) is 0 Å². The summed E-state index contributed by atoms with van der Waals surface area (Å²) >= 11 is 0. The lowest BCUT2D eigenvalue weighted by molar-refractivity contribution is -0.151. The molecule has 2 bridgehead atoms. The second-order valence-electron chi connectivity index (χ2n) is 10.5. The molecule has 0 aliphatic carbocycles. The highest BCUT2D eigenvalue weighted by Gasteiger charge is 2.80. The van der Waals surface area contributed by atoms with Gasteiger partial charge in [-0.05, 0) is 53.4 Å². The number of nitrogens with zero attached hydrogens (tertiary/aromatic N) is 1. The van der Waals surface area contributed by atoms with E-state index >= 15 is 0 Å². The lowest BCUT2D eigenvalue weighted by atomic mass is 9.62. The summed E-state index contributed by atoms with van der Waals surface area (Å²) in [5.74, 6) is -2.17. The van der Waals surface area contributed by atoms with Crippen molar-refractivity contribution in [3.8, 4) is 0 Å². The number of rotatable bonds is 6. The van der Waals surface area contributed by atoms with Gasteiger partial charge < -0.3 is 25.4 Å². The molecule has 8 nitrogen and oxygen atoms in total. The van der Waals surface area contributed by atoms with E-state index in [0.29, 0.717) is 13.0 Å². The van der Waals surface area contributed by atoms with Crippen molar-refractivity contribution in [3.05, 3.63) is 0 Å². The van der Waals surface area contributed by atoms with Crippen LogP contribution in [0.5, 0.6) is 0 Å². The van der Waals surface area contributed by atoms with Crippen LogP contribution in [0.4, 0.5) is 0 Å². The minimum absolute atomic E-state index is 0.00764. The van der Waals surface area contributed by atoms with Crippen molar-refractivity contribution < 1.29 is 24.2 Å². The van der Waals surface area contributed by atoms with Gasteiger partial charge in [0.25, 0.3) is 0 Å². The first-order valence-corrected chi connectivity index (χ1v) is 11.1. The summed E-state index contributed by atoms with van der Waals surface area (Å²) in [4.78, 5) is 41.8. The fraction of sp³-hybridized carbons (Fsp3) is 0.864. The molecule has 3 aliphatic heterocycles. The van der Waals surface area contributed by atoms with Gasteiger partial charge in [0.1, 0.15) is 11.6 Å². The SMILES string of the molecule is CCCNC(=O)[C@H]1[C@H]2C(=O)N([C@H](C)CO)C(C(=O)NC(C)(C)C)C23CC(C)[C@]1(C)O3. The Morgan fingerprint density at radius 3 is 2.50 bits per heavy atom. The molecule has 0 aromatic heterocycles. The summed E-state index contributed by atoms with van der Waals surface area (Å²) in [6.45, 7) is 13.5. The average Bonchev–Trinajstić information content (AvgIpc) is 3.14. The molecular weight excluding hydrogens is 386 g/mol. The summed E-state index contributed by atoms with van der Waals surface area (Å²) in [5.41, 5.74) is -2.38. The predicted molar refractivity (Wildman–Crippen MR) is 111 cm³/mol. The molecule has 3 heterocycles. The van der Waals surface area contributed by atoms with E-state index in [4.69, 9.17) is 4.74 Å². The van der Waals surface area contributed by atoms with Gasteiger partial charge in [0.15, 0.2) is 0 Å². The zero-order valence-corrected chi connectivity index (χ0v) is 19.2. The number of likely N-dealkylation sites (tertiary alicyclic amines) is 1. The minimum atomic E-state index is -1.07. The highest BCUT2D eigenvalue weighted by molar-refractivity contribution is 5.99. The van der Waals surface area contributed by atoms with Gasteiger partial charge in [-0.3, -0.25) is 14.4 Å². The average molecular weight is 424 g/mol. The lowest BCUT2D eigenvalue weighted by Gasteiger charge is -2.37. The Kier molecular flexibility index (Phi) is 5.74. The number of amides is 3. The van der Waals surface area contributed by atoms with Gasteiger partial charge in [-0.1, -0.05) is 13.8 Å². The summed E-state index contributed by atoms with van der Waals surface area (Å²) in [6, 6.07) is -1.44. The van der Waals surface area contributed by atoms with E-state index in [9.17, 15) is 19.5 Å². The second kappa shape index (κ2) is 7.48. The van der Waals surface area contributed by atoms with Gasteiger partial charge in [0.05, 0.1) is 30.1 Å². The van der Waals surface area contributed by atoms with Crippen LogP contribution in [0.1, 0.15) is 61.3 Å². The first-order valence-electron chi connectivity index (χ1n) is 11.1. The van der Waals surface area contributed by atoms with Gasteiger partial charge in [-0.15, -0.1) is 0 Å². The molecule has 0 saturated carbocycles. The van der Waals surface area contributed by atoms with Crippen molar-refractivity contribution in [1.29, 1.82) is 0 Å². The molecule has 8 heteroatoms. The second-order valence-corrected chi connectivity index (χ2v) is 10.5. The number of ether oxygens (including phenoxy) is 1. The molecule has 3 saturated heterocycles. The van der Waals surface area contributed by atoms with Crippen LogP contribution in [0, 0.1) is 17.8 Å². The molecule has 0 aromatic carbocycles. The van der Waals surface area contributed by atoms with Crippen LogP contribution in [0.15, 0.2) is 0 Å². The molecular formula is C22H37N3O5. The summed E-state index contributed by atoms with van der Waals surface area (Å²) in [6.07, 6.45) is 1.31. The summed E-state index contributed by atoms with van der Waals surface area (Å²) in [7, 11) is 0. The fourth-order valence-electron chi connectivity index (χ4n) is 5.73. The van der Waals surface area contributed by atoms with Crippen molar-refractivity contribution in [2.75, 3.05) is 13.2 Å². The standard InChI is InChI=1S/C22H37N3O5/c1-8-9-23-17(27)14-15-19(29)25(13(3)11-26)16(18(28)24-20(4,5)6)22(15)10-12(2)21(14,7)30-22/h12-16,26H,8-11H2,1-7H3,(H,23,27)(H,24,28)/t12?,13-,14-,15+,16?,21+,22?/m1/s1. The Hall–Kier alpha value is -1.67. The van der Waals surface area contributed by atoms with E-state index < -0.39 is 40.7 Å². The number of aliphatic hydroxyl groups excluding tert-OH is 1. The van der Waals surface area contributed by atoms with Crippen molar-refractivity contribution in [2.45, 2.75) is 90.1 Å². The first-order chi connectivity index (χ1) is 13.8. The van der Waals surface area contributed by atoms with Crippen LogP contribution < -0.4 is 10.6 Å². The van der Waals surface area contributed by atoms with Crippen molar-refractivity contribution in [2.24, 2.45) is 17.8 Å². The maximum absolute atomic E-state index is 13.7. The van der Waals surface area contributed by atoms with Gasteiger partial charge in [0, 0.05) is 12.1 Å². The summed E-state index contributed by atoms with van der Waals surface area (Å²) < 4.78 is 6.58. The van der Waals surface area contributed by atoms with Crippen molar-refractivity contribution in [3.63, 3.8) is 0 Å². The highest BCUT2D eigenvalue weighted by atomic mass is 16.5. The molecule has 3 fully saturated rings. The first kappa shape index (κ1) is 23.0. The third-order valence-electron chi connectivity index (χ3n) is 7.07. The third kappa shape index (κ3) is 3.23. The Morgan fingerprint density at radius 1 is 1.33 bits per heavy atom. The van der Waals surface area contributed by atoms with Crippen LogP contribution >= 0.6 is 0 Å². The van der Waals surface area contributed by atoms with E-state index in [1.54, 1.807) is 6.92 Å². The maximum atomic E-state index is 13.7. The molecule has 0 radical (unpaired) electrons. The zero-order chi connectivity index (χ0) is 22.6. The molecule has 170 valence electrons. The molecule has 1 spiro atoms. The number of carbonyl (C=O) groups excluding carboxylic acids is 3. The van der Waals surface area contributed by atoms with E-state index in [2.05, 4.69) is 10.6 Å². The molecule has 3 N–H and O–H groups in total. The molecule has 0 aromatic rings. The zero-order valence-electron chi connectivity index (χ0n) is 19.2. The molecule has 3 rings (SSSR count). The van der Waals surface area contributed by atoms with E-state index in [1.165, 1.54) is 4.90 Å². The number of aliphatic hydroxyl groups is 1. The molecule has 3 amide bonds. The number of hydrogen-bond acceptors (Lipinski definition) is 5. The quantitative estimate of drug-likeness (QED) is 0.586. The van der Waals surface area contributed by atoms with Gasteiger partial charge in [-0.2, -0.15) is 0 Å². The van der Waals surface area contributed by atoms with Crippen LogP contribution in [-0.2, 0) is 19.1 Å². The Balaban J connectivity index is 2.09. The van der Waals surface area contributed by atoms with Crippen molar-refractivity contribution >= 4 is 17.7 Å². The smallest absolute Gasteiger partial charge is 0.246 e. The van der Waals surface area contributed by atoms with E-state index in [1.807, 2.05) is 41.5 Å². The van der Waals surface area contributed by atoms with E-state index in [0.717, 1.165) is 6.42 Å². The van der Waals surface area contributed by atoms with Gasteiger partial charge >= 0.3 is 0 Å². The van der Waals surface area contributed by atoms with Crippen LogP contribution in [0.25, 0.3) is 0 Å². The summed E-state index contributed by atoms with van der Waals surface area (Å²) in [5, 5.41) is 15.8. The maximum Gasteiger partial charge on any atom is 0.246 e. The van der Waals surface area contributed by atoms with Crippen molar-refractivity contribution in [1.82, 2.24) is 15.5 Å². The lowest BCUT2D eigenvalue weighted by Crippen LogP contribution is -2.60. The Labute approximate surface area is 179 Å². The monoisotopic (exact) mass is 423 g/mol. The molecule has 3 unspecified atom stereocenters. The molecule has 3 aliphatic rings. The van der Waals surface area contributed by atoms with Crippen LogP contribution in [0.2, 0.25) is 0 Å². The Morgan fingerprint density at radius 2 is 1.97 bits per heavy atom. The number of nitrogens with one attached hydrogen (secondary N) is 2. The fourth-order valence-corrected chi connectivity index (χ4v) is 5.73. The highest BCUT2D eigenvalue weighted by Crippen LogP contribution is 2.65. The minimum Gasteiger partial charge on any atom is -0.394 e. The number of carbonyl (C=O) groups is 3. The predicted octanol–water partition coefficient (Wildman–Crippen LogP) is 0.819. The Bertz CT molecular complexity index is 735. The van der Waals surface area contributed by atoms with E-state index in [-0.39, 0.29) is 30.2 Å². The largest absolute Gasteiger partial charge is 0.394 e.